The average molecular weight is 241 g/mol. The van der Waals surface area contributed by atoms with E-state index < -0.39 is 5.97 Å². The summed E-state index contributed by atoms with van der Waals surface area (Å²) in [5, 5.41) is 8.66. The predicted molar refractivity (Wildman–Crippen MR) is 72.2 cm³/mol. The van der Waals surface area contributed by atoms with Gasteiger partial charge in [-0.25, -0.2) is 4.79 Å². The number of carboxylic acid groups (broad SMARTS) is 1. The molecule has 0 radical (unpaired) electrons. The molecule has 0 aliphatic rings. The maximum Gasteiger partial charge on any atom is 0.330 e. The van der Waals surface area contributed by atoms with E-state index in [1.54, 1.807) is 0 Å². The van der Waals surface area contributed by atoms with E-state index in [0.717, 1.165) is 25.8 Å². The third-order valence-corrected chi connectivity index (χ3v) is 3.02. The van der Waals surface area contributed by atoms with Gasteiger partial charge in [0.05, 0.1) is 0 Å². The van der Waals surface area contributed by atoms with E-state index in [4.69, 9.17) is 5.11 Å². The molecule has 0 atom stereocenters. The van der Waals surface area contributed by atoms with Gasteiger partial charge in [0.25, 0.3) is 0 Å². The number of rotatable bonds is 9. The summed E-state index contributed by atoms with van der Waals surface area (Å²) in [6.45, 7) is 13.5. The lowest BCUT2D eigenvalue weighted by Gasteiger charge is -2.30. The van der Waals surface area contributed by atoms with E-state index in [2.05, 4.69) is 39.2 Å². The third kappa shape index (κ3) is 7.16. The van der Waals surface area contributed by atoms with Crippen LogP contribution in [0.4, 0.5) is 0 Å². The van der Waals surface area contributed by atoms with Gasteiger partial charge in [0, 0.05) is 17.7 Å². The number of hydrogen-bond donors (Lipinski definition) is 1. The van der Waals surface area contributed by atoms with Gasteiger partial charge in [0.2, 0.25) is 0 Å². The topological polar surface area (TPSA) is 40.5 Å². The van der Waals surface area contributed by atoms with Gasteiger partial charge in [0.15, 0.2) is 0 Å². The van der Waals surface area contributed by atoms with Crippen molar-refractivity contribution in [2.45, 2.75) is 65.5 Å². The average Bonchev–Trinajstić information content (AvgIpc) is 2.21. The molecule has 0 aliphatic carbocycles. The monoisotopic (exact) mass is 241 g/mol. The number of nitrogens with zero attached hydrogens (tertiary/aromatic N) is 1. The fraction of sp³-hybridized carbons (Fsp3) is 0.786. The van der Waals surface area contributed by atoms with Crippen LogP contribution in [0, 0.1) is 0 Å². The van der Waals surface area contributed by atoms with Crippen molar-refractivity contribution < 1.29 is 9.90 Å². The summed E-state index contributed by atoms with van der Waals surface area (Å²) in [6, 6.07) is 1.15. The van der Waals surface area contributed by atoms with E-state index in [1.807, 2.05) is 0 Å². The van der Waals surface area contributed by atoms with Crippen molar-refractivity contribution in [2.24, 2.45) is 0 Å². The van der Waals surface area contributed by atoms with Crippen molar-refractivity contribution in [1.29, 1.82) is 0 Å². The van der Waals surface area contributed by atoms with Crippen molar-refractivity contribution in [1.82, 2.24) is 4.90 Å². The van der Waals surface area contributed by atoms with Crippen LogP contribution in [0.5, 0.6) is 0 Å². The smallest absolute Gasteiger partial charge is 0.330 e. The first kappa shape index (κ1) is 16.2. The first-order valence-electron chi connectivity index (χ1n) is 6.53. The lowest BCUT2D eigenvalue weighted by atomic mass is 10.1. The maximum atomic E-state index is 10.5. The summed E-state index contributed by atoms with van der Waals surface area (Å²) in [7, 11) is 0. The molecule has 0 aliphatic heterocycles. The highest BCUT2D eigenvalue weighted by atomic mass is 16.4. The Bertz CT molecular complexity index is 239. The van der Waals surface area contributed by atoms with Gasteiger partial charge in [0.1, 0.15) is 0 Å². The molecule has 100 valence electrons. The molecule has 3 nitrogen and oxygen atoms in total. The second-order valence-electron chi connectivity index (χ2n) is 5.14. The highest BCUT2D eigenvalue weighted by Crippen LogP contribution is 2.11. The summed E-state index contributed by atoms with van der Waals surface area (Å²) in [5.74, 6) is -0.865. The molecule has 0 bridgehead atoms. The van der Waals surface area contributed by atoms with Crippen molar-refractivity contribution >= 4 is 5.97 Å². The molecule has 3 heteroatoms. The molecule has 17 heavy (non-hydrogen) atoms. The molecule has 0 heterocycles. The number of unbranched alkanes of at least 4 members (excludes halogenated alkanes) is 2. The molecule has 1 N–H and O–H groups in total. The third-order valence-electron chi connectivity index (χ3n) is 3.02. The van der Waals surface area contributed by atoms with Crippen LogP contribution in [0.25, 0.3) is 0 Å². The molecule has 0 spiro atoms. The SMILES string of the molecule is C=C(CCCCCN(C(C)C)C(C)C)C(=O)O. The number of hydrogen-bond acceptors (Lipinski definition) is 2. The van der Waals surface area contributed by atoms with Crippen LogP contribution in [0.1, 0.15) is 53.4 Å². The minimum absolute atomic E-state index is 0.328. The van der Waals surface area contributed by atoms with Gasteiger partial charge >= 0.3 is 5.97 Å². The highest BCUT2D eigenvalue weighted by Gasteiger charge is 2.12. The lowest BCUT2D eigenvalue weighted by Crippen LogP contribution is -2.37. The summed E-state index contributed by atoms with van der Waals surface area (Å²) >= 11 is 0. The highest BCUT2D eigenvalue weighted by molar-refractivity contribution is 5.85. The Labute approximate surface area is 106 Å². The maximum absolute atomic E-state index is 10.5. The summed E-state index contributed by atoms with van der Waals surface area (Å²) in [5.41, 5.74) is 0.328. The van der Waals surface area contributed by atoms with Crippen molar-refractivity contribution in [3.63, 3.8) is 0 Å². The minimum atomic E-state index is -0.865. The lowest BCUT2D eigenvalue weighted by molar-refractivity contribution is -0.132. The van der Waals surface area contributed by atoms with Gasteiger partial charge < -0.3 is 5.11 Å². The Morgan fingerprint density at radius 3 is 2.06 bits per heavy atom. The van der Waals surface area contributed by atoms with E-state index in [1.165, 1.54) is 0 Å². The second-order valence-corrected chi connectivity index (χ2v) is 5.14. The zero-order valence-corrected chi connectivity index (χ0v) is 11.7. The van der Waals surface area contributed by atoms with Crippen LogP contribution in [-0.4, -0.2) is 34.6 Å². The number of carbonyl (C=O) groups is 1. The first-order chi connectivity index (χ1) is 7.86. The Hall–Kier alpha value is -0.830. The van der Waals surface area contributed by atoms with Gasteiger partial charge in [-0.1, -0.05) is 13.0 Å². The molecule has 0 aromatic carbocycles. The van der Waals surface area contributed by atoms with Crippen LogP contribution in [0.2, 0.25) is 0 Å². The Morgan fingerprint density at radius 1 is 1.12 bits per heavy atom. The number of carboxylic acids is 1. The Balaban J connectivity index is 3.69. The zero-order chi connectivity index (χ0) is 13.4. The minimum Gasteiger partial charge on any atom is -0.478 e. The van der Waals surface area contributed by atoms with Gasteiger partial charge in [-0.15, -0.1) is 0 Å². The van der Waals surface area contributed by atoms with E-state index >= 15 is 0 Å². The van der Waals surface area contributed by atoms with Crippen molar-refractivity contribution in [2.75, 3.05) is 6.54 Å². The van der Waals surface area contributed by atoms with Gasteiger partial charge in [-0.05, 0) is 53.5 Å². The second kappa shape index (κ2) is 8.29. The summed E-state index contributed by atoms with van der Waals surface area (Å²) in [6.07, 6.45) is 3.74. The van der Waals surface area contributed by atoms with Gasteiger partial charge in [-0.3, -0.25) is 4.90 Å². The van der Waals surface area contributed by atoms with Crippen molar-refractivity contribution in [3.05, 3.63) is 12.2 Å². The van der Waals surface area contributed by atoms with Crippen LogP contribution < -0.4 is 0 Å². The molecule has 0 amide bonds. The van der Waals surface area contributed by atoms with E-state index in [-0.39, 0.29) is 0 Å². The molecule has 0 saturated heterocycles. The molecule has 0 rings (SSSR count). The predicted octanol–water partition coefficient (Wildman–Crippen LogP) is 3.31. The molecular weight excluding hydrogens is 214 g/mol. The normalized spacial score (nSPS) is 11.5. The van der Waals surface area contributed by atoms with Crippen LogP contribution in [0.3, 0.4) is 0 Å². The van der Waals surface area contributed by atoms with Gasteiger partial charge in [-0.2, -0.15) is 0 Å². The molecule has 0 aromatic heterocycles. The van der Waals surface area contributed by atoms with Crippen molar-refractivity contribution in [3.8, 4) is 0 Å². The molecule has 0 fully saturated rings. The Kier molecular flexibility index (Phi) is 7.88. The largest absolute Gasteiger partial charge is 0.478 e. The zero-order valence-electron chi connectivity index (χ0n) is 11.7. The standard InChI is InChI=1S/C14H27NO2/c1-11(2)15(12(3)4)10-8-6-7-9-13(5)14(16)17/h11-12H,5-10H2,1-4H3,(H,16,17). The fourth-order valence-corrected chi connectivity index (χ4v) is 2.03. The number of aliphatic carboxylic acids is 1. The van der Waals surface area contributed by atoms with Crippen LogP contribution >= 0.6 is 0 Å². The fourth-order valence-electron chi connectivity index (χ4n) is 2.03. The quantitative estimate of drug-likeness (QED) is 0.497. The molecular formula is C14H27NO2. The molecule has 0 saturated carbocycles. The summed E-state index contributed by atoms with van der Waals surface area (Å²) < 4.78 is 0. The molecule has 0 unspecified atom stereocenters. The summed E-state index contributed by atoms with van der Waals surface area (Å²) in [4.78, 5) is 13.0. The van der Waals surface area contributed by atoms with Crippen LogP contribution in [0.15, 0.2) is 12.2 Å². The van der Waals surface area contributed by atoms with E-state index in [9.17, 15) is 4.79 Å². The van der Waals surface area contributed by atoms with Crippen LogP contribution in [-0.2, 0) is 4.79 Å². The first-order valence-corrected chi connectivity index (χ1v) is 6.53. The Morgan fingerprint density at radius 2 is 1.65 bits per heavy atom. The molecule has 0 aromatic rings. The van der Waals surface area contributed by atoms with E-state index in [0.29, 0.717) is 24.1 Å².